The van der Waals surface area contributed by atoms with Gasteiger partial charge in [0.1, 0.15) is 0 Å². The lowest BCUT2D eigenvalue weighted by atomic mass is 10.0. The van der Waals surface area contributed by atoms with Crippen molar-refractivity contribution in [3.8, 4) is 33.6 Å². The van der Waals surface area contributed by atoms with Crippen LogP contribution in [0.5, 0.6) is 0 Å². The van der Waals surface area contributed by atoms with Crippen LogP contribution in [-0.2, 0) is 0 Å². The van der Waals surface area contributed by atoms with Crippen molar-refractivity contribution in [1.82, 2.24) is 9.13 Å². The number of nitrogens with zero attached hydrogens (tertiary/aromatic N) is 2. The van der Waals surface area contributed by atoms with Crippen LogP contribution in [0.4, 0.5) is 0 Å². The minimum atomic E-state index is 1.13. The van der Waals surface area contributed by atoms with Crippen LogP contribution in [0.1, 0.15) is 12.5 Å². The van der Waals surface area contributed by atoms with E-state index in [4.69, 9.17) is 0 Å². The number of hydrogen-bond donors (Lipinski definition) is 0. The van der Waals surface area contributed by atoms with E-state index in [-0.39, 0.29) is 0 Å². The van der Waals surface area contributed by atoms with Gasteiger partial charge in [-0.15, -0.1) is 0 Å². The predicted molar refractivity (Wildman–Crippen MR) is 219 cm³/mol. The highest BCUT2D eigenvalue weighted by molar-refractivity contribution is 6.29. The van der Waals surface area contributed by atoms with Crippen LogP contribution in [0.2, 0.25) is 0 Å². The van der Waals surface area contributed by atoms with Gasteiger partial charge in [-0.25, -0.2) is 0 Å². The molecule has 51 heavy (non-hydrogen) atoms. The summed E-state index contributed by atoms with van der Waals surface area (Å²) in [6.45, 7) is 5.97. The van der Waals surface area contributed by atoms with Gasteiger partial charge in [-0.1, -0.05) is 146 Å². The number of hydrogen-bond acceptors (Lipinski definition) is 0. The molecule has 2 nitrogen and oxygen atoms in total. The summed E-state index contributed by atoms with van der Waals surface area (Å²) >= 11 is 0. The molecule has 0 N–H and O–H groups in total. The second kappa shape index (κ2) is 12.7. The zero-order chi connectivity index (χ0) is 34.3. The molecule has 0 atom stereocenters. The average Bonchev–Trinajstić information content (AvgIpc) is 3.71. The van der Waals surface area contributed by atoms with Gasteiger partial charge in [0.25, 0.3) is 0 Å². The van der Waals surface area contributed by atoms with E-state index in [0.717, 1.165) is 16.9 Å². The summed E-state index contributed by atoms with van der Waals surface area (Å²) in [4.78, 5) is 0. The normalized spacial score (nSPS) is 12.1. The Bertz CT molecular complexity index is 2790. The van der Waals surface area contributed by atoms with Crippen LogP contribution >= 0.6 is 0 Å². The van der Waals surface area contributed by atoms with Crippen molar-refractivity contribution in [3.05, 3.63) is 200 Å². The first-order valence-electron chi connectivity index (χ1n) is 17.5. The highest BCUT2D eigenvalue weighted by atomic mass is 15.0. The summed E-state index contributed by atoms with van der Waals surface area (Å²) in [5.41, 5.74) is 14.2. The van der Waals surface area contributed by atoms with Gasteiger partial charge in [0.05, 0.1) is 22.1 Å². The number of fused-ring (bicyclic) bond motifs is 7. The van der Waals surface area contributed by atoms with Gasteiger partial charge in [0.2, 0.25) is 0 Å². The molecule has 9 rings (SSSR count). The molecular weight excluding hydrogens is 617 g/mol. The first-order chi connectivity index (χ1) is 25.2. The second-order valence-electron chi connectivity index (χ2n) is 12.9. The summed E-state index contributed by atoms with van der Waals surface area (Å²) in [5.74, 6) is 0. The predicted octanol–water partition coefficient (Wildman–Crippen LogP) is 13.4. The lowest BCUT2D eigenvalue weighted by Gasteiger charge is -2.12. The van der Waals surface area contributed by atoms with E-state index >= 15 is 0 Å². The van der Waals surface area contributed by atoms with Crippen molar-refractivity contribution >= 4 is 49.2 Å². The maximum Gasteiger partial charge on any atom is 0.0548 e. The highest BCUT2D eigenvalue weighted by Crippen LogP contribution is 2.43. The second-order valence-corrected chi connectivity index (χ2v) is 12.9. The topological polar surface area (TPSA) is 9.86 Å². The van der Waals surface area contributed by atoms with Crippen molar-refractivity contribution < 1.29 is 0 Å². The Morgan fingerprint density at radius 3 is 1.75 bits per heavy atom. The fraction of sp³-hybridized carbons (Fsp3) is 0.0204. The van der Waals surface area contributed by atoms with Gasteiger partial charge in [-0.05, 0) is 88.8 Å². The Labute approximate surface area is 298 Å². The molecule has 0 spiro atoms. The molecule has 2 heteroatoms. The molecule has 0 radical (unpaired) electrons. The summed E-state index contributed by atoms with van der Waals surface area (Å²) < 4.78 is 4.87. The summed E-state index contributed by atoms with van der Waals surface area (Å²) in [6, 6.07) is 59.5. The molecule has 0 saturated heterocycles. The molecule has 9 aromatic rings. The molecule has 0 aliphatic carbocycles. The number of benzene rings is 7. The zero-order valence-electron chi connectivity index (χ0n) is 28.5. The summed E-state index contributed by atoms with van der Waals surface area (Å²) in [7, 11) is 0. The maximum atomic E-state index is 3.88. The minimum absolute atomic E-state index is 1.13. The lowest BCUT2D eigenvalue weighted by Crippen LogP contribution is -1.96. The van der Waals surface area contributed by atoms with Gasteiger partial charge in [-0.2, -0.15) is 0 Å². The molecule has 7 aromatic carbocycles. The van der Waals surface area contributed by atoms with Crippen LogP contribution < -0.4 is 0 Å². The van der Waals surface area contributed by atoms with Crippen LogP contribution in [0.3, 0.4) is 0 Å². The molecule has 242 valence electrons. The van der Waals surface area contributed by atoms with Gasteiger partial charge in [0.15, 0.2) is 0 Å². The molecule has 0 saturated carbocycles. The highest BCUT2D eigenvalue weighted by Gasteiger charge is 2.21. The van der Waals surface area contributed by atoms with Crippen LogP contribution in [-0.4, -0.2) is 9.13 Å². The number of allylic oxidation sites excluding steroid dienone is 5. The fourth-order valence-electron chi connectivity index (χ4n) is 7.72. The quantitative estimate of drug-likeness (QED) is 0.152. The van der Waals surface area contributed by atoms with Crippen molar-refractivity contribution in [2.24, 2.45) is 0 Å². The zero-order valence-corrected chi connectivity index (χ0v) is 28.5. The van der Waals surface area contributed by atoms with Gasteiger partial charge >= 0.3 is 0 Å². The van der Waals surface area contributed by atoms with E-state index in [2.05, 4.69) is 199 Å². The first-order valence-corrected chi connectivity index (χ1v) is 17.5. The van der Waals surface area contributed by atoms with E-state index in [0.29, 0.717) is 0 Å². The number of para-hydroxylation sites is 1. The van der Waals surface area contributed by atoms with Crippen molar-refractivity contribution in [2.45, 2.75) is 6.92 Å². The monoisotopic (exact) mass is 652 g/mol. The van der Waals surface area contributed by atoms with E-state index in [9.17, 15) is 0 Å². The smallest absolute Gasteiger partial charge is 0.0548 e. The lowest BCUT2D eigenvalue weighted by molar-refractivity contribution is 1.17. The van der Waals surface area contributed by atoms with E-state index < -0.39 is 0 Å². The molecule has 2 aromatic heterocycles. The largest absolute Gasteiger partial charge is 0.309 e. The molecule has 0 amide bonds. The average molecular weight is 653 g/mol. The minimum Gasteiger partial charge on any atom is -0.309 e. The maximum absolute atomic E-state index is 3.88. The number of rotatable bonds is 7. The standard InChI is InChI=1S/C49H36N2/c1-3-5-15-34(4-2)38-20-14-21-41(32-38)51-46-31-30-45-48(49(46)43-29-26-39(33-47(43)51)36-18-10-7-11-19-36)42-22-12-13-23-44(42)50(45)40-27-24-37(25-28-40)35-16-8-6-9-17-35/h3-33H,1H2,2H3/b15-5-,34-4+. The van der Waals surface area contributed by atoms with E-state index in [1.165, 1.54) is 71.4 Å². The van der Waals surface area contributed by atoms with Crippen LogP contribution in [0.15, 0.2) is 195 Å². The SMILES string of the molecule is C=C/C=C\C(=C/C)c1cccc(-n2c3cc(-c4ccccc4)ccc3c3c4c5ccccc5n(-c5ccc(-c6ccccc6)cc5)c4ccc32)c1. The Hall–Kier alpha value is -6.64. The number of aromatic nitrogens is 2. The molecule has 0 aliphatic heterocycles. The van der Waals surface area contributed by atoms with Crippen molar-refractivity contribution in [3.63, 3.8) is 0 Å². The van der Waals surface area contributed by atoms with Gasteiger partial charge < -0.3 is 9.13 Å². The van der Waals surface area contributed by atoms with Crippen molar-refractivity contribution in [1.29, 1.82) is 0 Å². The van der Waals surface area contributed by atoms with Gasteiger partial charge in [-0.3, -0.25) is 0 Å². The van der Waals surface area contributed by atoms with E-state index in [1.54, 1.807) is 0 Å². The molecular formula is C49H36N2. The summed E-state index contributed by atoms with van der Waals surface area (Å²) in [5, 5.41) is 5.02. The Balaban J connectivity index is 1.34. The fourth-order valence-corrected chi connectivity index (χ4v) is 7.72. The molecule has 0 unspecified atom stereocenters. The van der Waals surface area contributed by atoms with E-state index in [1.807, 2.05) is 12.2 Å². The Morgan fingerprint density at radius 2 is 1.06 bits per heavy atom. The van der Waals surface area contributed by atoms with Gasteiger partial charge in [0, 0.05) is 32.9 Å². The summed E-state index contributed by atoms with van der Waals surface area (Å²) in [6.07, 6.45) is 8.10. The third-order valence-corrected chi connectivity index (χ3v) is 10.1. The van der Waals surface area contributed by atoms with Crippen LogP contribution in [0.25, 0.3) is 82.8 Å². The van der Waals surface area contributed by atoms with Crippen molar-refractivity contribution in [2.75, 3.05) is 0 Å². The molecule has 0 bridgehead atoms. The molecule has 0 aliphatic rings. The molecule has 0 fully saturated rings. The third kappa shape index (κ3) is 5.12. The molecule has 2 heterocycles. The Morgan fingerprint density at radius 1 is 0.471 bits per heavy atom. The first kappa shape index (κ1) is 30.4. The third-order valence-electron chi connectivity index (χ3n) is 10.1. The Kier molecular flexibility index (Phi) is 7.56. The van der Waals surface area contributed by atoms with Crippen LogP contribution in [0, 0.1) is 0 Å².